The van der Waals surface area contributed by atoms with Crippen LogP contribution in [0, 0.1) is 0 Å². The fourth-order valence-corrected chi connectivity index (χ4v) is 6.67. The van der Waals surface area contributed by atoms with Crippen LogP contribution in [0.2, 0.25) is 0 Å². The van der Waals surface area contributed by atoms with Crippen LogP contribution in [0.15, 0.2) is 0 Å². The van der Waals surface area contributed by atoms with Crippen LogP contribution in [-0.2, 0) is 27.9 Å². The van der Waals surface area contributed by atoms with Gasteiger partial charge in [-0.15, -0.1) is 0 Å². The van der Waals surface area contributed by atoms with Gasteiger partial charge < -0.3 is 19.2 Å². The zero-order valence-corrected chi connectivity index (χ0v) is 32.8. The lowest BCUT2D eigenvalue weighted by Gasteiger charge is -2.27. The van der Waals surface area contributed by atoms with Gasteiger partial charge in [0, 0.05) is 12.8 Å². The number of carbonyl (C=O) groups excluding carboxylic acids is 2. The molecule has 0 amide bonds. The summed E-state index contributed by atoms with van der Waals surface area (Å²) >= 11 is 0. The summed E-state index contributed by atoms with van der Waals surface area (Å²) < 4.78 is 29.3. The minimum absolute atomic E-state index is 0.0561. The second kappa shape index (κ2) is 30.9. The van der Waals surface area contributed by atoms with Crippen LogP contribution in [0.25, 0.3) is 0 Å². The lowest BCUT2D eigenvalue weighted by molar-refractivity contribution is -0.870. The molecule has 48 heavy (non-hydrogen) atoms. The van der Waals surface area contributed by atoms with Crippen LogP contribution < -0.4 is 0 Å². The van der Waals surface area contributed by atoms with Gasteiger partial charge in [0.05, 0.1) is 27.7 Å². The van der Waals surface area contributed by atoms with Crippen LogP contribution in [0.3, 0.4) is 0 Å². The van der Waals surface area contributed by atoms with Crippen LogP contribution in [0.4, 0.5) is 0 Å². The summed E-state index contributed by atoms with van der Waals surface area (Å²) in [5, 5.41) is 10.1. The van der Waals surface area contributed by atoms with Crippen molar-refractivity contribution in [3.63, 3.8) is 0 Å². The number of ether oxygens (including phenoxy) is 1. The van der Waals surface area contributed by atoms with Gasteiger partial charge >= 0.3 is 13.8 Å². The number of rotatable bonds is 36. The average molecular weight is 707 g/mol. The average Bonchev–Trinajstić information content (AvgIpc) is 3.02. The maximum absolute atomic E-state index is 13.3. The van der Waals surface area contributed by atoms with Crippen LogP contribution in [0.1, 0.15) is 181 Å². The number of ketones is 1. The Labute approximate surface area is 295 Å². The van der Waals surface area contributed by atoms with E-state index >= 15 is 0 Å². The first kappa shape index (κ1) is 47.2. The van der Waals surface area contributed by atoms with Crippen molar-refractivity contribution in [2.45, 2.75) is 193 Å². The monoisotopic (exact) mass is 707 g/mol. The first-order valence-corrected chi connectivity index (χ1v) is 21.2. The molecule has 0 saturated heterocycles. The summed E-state index contributed by atoms with van der Waals surface area (Å²) in [5.41, 5.74) is 0. The molecule has 0 fully saturated rings. The number of carbonyl (C=O) groups is 2. The number of phosphoric acid groups is 1. The predicted octanol–water partition coefficient (Wildman–Crippen LogP) is 9.85. The number of unbranched alkanes of at least 4 members (excludes halogenated alkanes) is 22. The van der Waals surface area contributed by atoms with Gasteiger partial charge in [0.2, 0.25) is 0 Å². The molecular weight excluding hydrogens is 629 g/mol. The molecule has 0 spiro atoms. The highest BCUT2D eigenvalue weighted by atomic mass is 31.2. The fraction of sp³-hybridized carbons (Fsp3) is 0.947. The number of Topliss-reactive ketones (excluding diaryl/α,β-unsaturated/α-hetero) is 1. The van der Waals surface area contributed by atoms with Crippen molar-refractivity contribution in [2.24, 2.45) is 0 Å². The molecule has 9 nitrogen and oxygen atoms in total. The number of esters is 1. The fourth-order valence-electron chi connectivity index (χ4n) is 5.75. The number of nitrogens with zero attached hydrogens (tertiary/aromatic N) is 1. The molecule has 0 aromatic heterocycles. The zero-order valence-electron chi connectivity index (χ0n) is 31.9. The normalized spacial score (nSPS) is 14.5. The Hall–Kier alpha value is -0.830. The molecule has 10 heteroatoms. The summed E-state index contributed by atoms with van der Waals surface area (Å²) in [4.78, 5) is 36.4. The van der Waals surface area contributed by atoms with E-state index in [0.29, 0.717) is 23.9 Å². The van der Waals surface area contributed by atoms with Crippen molar-refractivity contribution in [3.05, 3.63) is 0 Å². The van der Waals surface area contributed by atoms with Gasteiger partial charge in [-0.2, -0.15) is 0 Å². The Morgan fingerprint density at radius 1 is 0.625 bits per heavy atom. The molecule has 0 aromatic carbocycles. The Bertz CT molecular complexity index is 819. The van der Waals surface area contributed by atoms with E-state index in [2.05, 4.69) is 13.8 Å². The lowest BCUT2D eigenvalue weighted by atomic mass is 10.0. The van der Waals surface area contributed by atoms with E-state index in [-0.39, 0.29) is 19.4 Å². The second-order valence-corrected chi connectivity index (χ2v) is 16.2. The van der Waals surface area contributed by atoms with Crippen molar-refractivity contribution in [2.75, 3.05) is 40.9 Å². The second-order valence-electron chi connectivity index (χ2n) is 14.8. The SMILES string of the molecule is CCCCCCCCCCCCCCCC(=O)O[C@@H](CO)C(OP(=O)(O)OCC[N+](C)(C)C)C(=O)CCCCCCCCCCCCC. The van der Waals surface area contributed by atoms with Crippen LogP contribution >= 0.6 is 7.82 Å². The van der Waals surface area contributed by atoms with Crippen LogP contribution in [0.5, 0.6) is 0 Å². The summed E-state index contributed by atoms with van der Waals surface area (Å²) in [6.45, 7) is 4.16. The zero-order chi connectivity index (χ0) is 35.9. The molecule has 0 radical (unpaired) electrons. The molecule has 286 valence electrons. The third kappa shape index (κ3) is 30.0. The lowest BCUT2D eigenvalue weighted by Crippen LogP contribution is -2.42. The first-order valence-electron chi connectivity index (χ1n) is 19.7. The van der Waals surface area contributed by atoms with Gasteiger partial charge in [0.25, 0.3) is 0 Å². The van der Waals surface area contributed by atoms with E-state index in [0.717, 1.165) is 38.5 Å². The molecule has 2 N–H and O–H groups in total. The summed E-state index contributed by atoms with van der Waals surface area (Å²) in [6.07, 6.45) is 25.3. The van der Waals surface area contributed by atoms with Crippen molar-refractivity contribution in [1.29, 1.82) is 0 Å². The molecular formula is C38H77NO8P+. The number of aliphatic hydroxyl groups excluding tert-OH is 1. The highest BCUT2D eigenvalue weighted by Crippen LogP contribution is 2.45. The summed E-state index contributed by atoms with van der Waals surface area (Å²) in [5.74, 6) is -1.02. The van der Waals surface area contributed by atoms with E-state index in [1.54, 1.807) is 0 Å². The number of hydrogen-bond donors (Lipinski definition) is 2. The summed E-state index contributed by atoms with van der Waals surface area (Å²) in [6, 6.07) is 0. The third-order valence-corrected chi connectivity index (χ3v) is 9.89. The predicted molar refractivity (Wildman–Crippen MR) is 197 cm³/mol. The van der Waals surface area contributed by atoms with Crippen molar-refractivity contribution in [1.82, 2.24) is 0 Å². The van der Waals surface area contributed by atoms with E-state index in [4.69, 9.17) is 13.8 Å². The van der Waals surface area contributed by atoms with Gasteiger partial charge in [-0.1, -0.05) is 155 Å². The number of aliphatic hydroxyl groups is 1. The van der Waals surface area contributed by atoms with Gasteiger partial charge in [0.1, 0.15) is 13.2 Å². The van der Waals surface area contributed by atoms with E-state index in [1.807, 2.05) is 21.1 Å². The Balaban J connectivity index is 4.71. The largest absolute Gasteiger partial charge is 0.473 e. The molecule has 0 bridgehead atoms. The van der Waals surface area contributed by atoms with Crippen molar-refractivity contribution in [3.8, 4) is 0 Å². The molecule has 3 atom stereocenters. The topological polar surface area (TPSA) is 119 Å². The van der Waals surface area contributed by atoms with Gasteiger partial charge in [-0.25, -0.2) is 4.57 Å². The maximum atomic E-state index is 13.3. The Morgan fingerprint density at radius 3 is 1.38 bits per heavy atom. The first-order chi connectivity index (χ1) is 23.0. The Kier molecular flexibility index (Phi) is 30.4. The number of quaternary nitrogens is 1. The molecule has 0 rings (SSSR count). The molecule has 0 aliphatic carbocycles. The smallest absolute Gasteiger partial charge is 0.457 e. The molecule has 0 aliphatic heterocycles. The van der Waals surface area contributed by atoms with E-state index in [1.165, 1.54) is 103 Å². The third-order valence-electron chi connectivity index (χ3n) is 8.89. The number of hydrogen-bond acceptors (Lipinski definition) is 7. The number of phosphoric ester groups is 1. The van der Waals surface area contributed by atoms with Crippen molar-refractivity contribution < 1.29 is 42.4 Å². The molecule has 0 aromatic rings. The van der Waals surface area contributed by atoms with Gasteiger partial charge in [-0.05, 0) is 12.8 Å². The molecule has 2 unspecified atom stereocenters. The number of likely N-dealkylation sites (N-methyl/N-ethyl adjacent to an activating group) is 1. The van der Waals surface area contributed by atoms with Gasteiger partial charge in [0.15, 0.2) is 18.0 Å². The molecule has 0 saturated carbocycles. The summed E-state index contributed by atoms with van der Waals surface area (Å²) in [7, 11) is 1.11. The van der Waals surface area contributed by atoms with E-state index < -0.39 is 38.4 Å². The standard InChI is InChI=1S/C38H76NO8P/c1-6-8-10-12-14-16-18-19-21-23-25-27-29-31-37(42)46-36(34-40)38(47-48(43,44)45-33-32-39(3,4)5)35(41)30-28-26-24-22-20-17-15-13-11-9-7-2/h36,38,40H,6-34H2,1-5H3/p+1/t36-,38?/m0/s1. The molecule has 0 aliphatic rings. The van der Waals surface area contributed by atoms with E-state index in [9.17, 15) is 24.2 Å². The highest BCUT2D eigenvalue weighted by Gasteiger charge is 2.38. The van der Waals surface area contributed by atoms with Gasteiger partial charge in [-0.3, -0.25) is 18.6 Å². The highest BCUT2D eigenvalue weighted by molar-refractivity contribution is 7.47. The quantitative estimate of drug-likeness (QED) is 0.0286. The Morgan fingerprint density at radius 2 is 1.00 bits per heavy atom. The minimum Gasteiger partial charge on any atom is -0.457 e. The minimum atomic E-state index is -4.65. The van der Waals surface area contributed by atoms with Crippen LogP contribution in [-0.4, -0.2) is 79.3 Å². The molecule has 0 heterocycles. The van der Waals surface area contributed by atoms with Crippen molar-refractivity contribution >= 4 is 19.6 Å². The maximum Gasteiger partial charge on any atom is 0.473 e.